The van der Waals surface area contributed by atoms with E-state index in [2.05, 4.69) is 24.0 Å². The van der Waals surface area contributed by atoms with Gasteiger partial charge in [0.05, 0.1) is 6.26 Å². The minimum Gasteiger partial charge on any atom is -0.461 e. The Balaban J connectivity index is 2.32. The molecule has 0 aliphatic heterocycles. The Kier molecular flexibility index (Phi) is 2.68. The molecular formula is C9H12N4OS. The lowest BCUT2D eigenvalue weighted by molar-refractivity contribution is 0.574. The number of thioether (sulfide) groups is 1. The molecule has 6 heteroatoms. The number of nitrogens with zero attached hydrogens (tertiary/aromatic N) is 3. The van der Waals surface area contributed by atoms with Crippen LogP contribution < -0.4 is 5.84 Å². The lowest BCUT2D eigenvalue weighted by Crippen LogP contribution is -2.12. The SMILES string of the molecule is CC(C)Sc1nnc(-c2ccco2)n1N. The molecule has 0 fully saturated rings. The molecule has 2 aromatic rings. The molecule has 0 bridgehead atoms. The average molecular weight is 224 g/mol. The van der Waals surface area contributed by atoms with E-state index < -0.39 is 0 Å². The smallest absolute Gasteiger partial charge is 0.218 e. The minimum absolute atomic E-state index is 0.418. The van der Waals surface area contributed by atoms with Crippen molar-refractivity contribution in [3.63, 3.8) is 0 Å². The zero-order chi connectivity index (χ0) is 10.8. The number of hydrogen-bond acceptors (Lipinski definition) is 5. The molecule has 2 aromatic heterocycles. The number of rotatable bonds is 3. The van der Waals surface area contributed by atoms with Crippen LogP contribution in [-0.2, 0) is 0 Å². The van der Waals surface area contributed by atoms with E-state index in [1.54, 1.807) is 30.2 Å². The summed E-state index contributed by atoms with van der Waals surface area (Å²) in [5, 5.41) is 9.10. The molecule has 0 aliphatic rings. The fraction of sp³-hybridized carbons (Fsp3) is 0.333. The first-order chi connectivity index (χ1) is 7.18. The molecular weight excluding hydrogens is 212 g/mol. The first-order valence-electron chi connectivity index (χ1n) is 4.59. The molecule has 15 heavy (non-hydrogen) atoms. The van der Waals surface area contributed by atoms with Crippen LogP contribution in [0.1, 0.15) is 13.8 Å². The van der Waals surface area contributed by atoms with Crippen molar-refractivity contribution in [2.45, 2.75) is 24.3 Å². The highest BCUT2D eigenvalue weighted by Crippen LogP contribution is 2.24. The van der Waals surface area contributed by atoms with Gasteiger partial charge in [0.25, 0.3) is 0 Å². The minimum atomic E-state index is 0.418. The van der Waals surface area contributed by atoms with Crippen LogP contribution >= 0.6 is 11.8 Å². The van der Waals surface area contributed by atoms with Gasteiger partial charge in [-0.3, -0.25) is 0 Å². The van der Waals surface area contributed by atoms with Gasteiger partial charge in [-0.2, -0.15) is 0 Å². The highest BCUT2D eigenvalue weighted by Gasteiger charge is 2.14. The van der Waals surface area contributed by atoms with E-state index in [0.29, 0.717) is 22.0 Å². The van der Waals surface area contributed by atoms with E-state index in [9.17, 15) is 0 Å². The number of hydrogen-bond donors (Lipinski definition) is 1. The molecule has 80 valence electrons. The van der Waals surface area contributed by atoms with Crippen LogP contribution in [0.3, 0.4) is 0 Å². The third kappa shape index (κ3) is 1.99. The van der Waals surface area contributed by atoms with Gasteiger partial charge in [0.15, 0.2) is 5.76 Å². The van der Waals surface area contributed by atoms with E-state index in [-0.39, 0.29) is 0 Å². The fourth-order valence-corrected chi connectivity index (χ4v) is 1.85. The first-order valence-corrected chi connectivity index (χ1v) is 5.47. The van der Waals surface area contributed by atoms with Gasteiger partial charge < -0.3 is 10.3 Å². The highest BCUT2D eigenvalue weighted by atomic mass is 32.2. The second-order valence-electron chi connectivity index (χ2n) is 3.32. The van der Waals surface area contributed by atoms with Crippen LogP contribution in [0.15, 0.2) is 28.0 Å². The second kappa shape index (κ2) is 3.98. The van der Waals surface area contributed by atoms with E-state index in [0.717, 1.165) is 0 Å². The van der Waals surface area contributed by atoms with Crippen molar-refractivity contribution >= 4 is 11.8 Å². The largest absolute Gasteiger partial charge is 0.461 e. The quantitative estimate of drug-likeness (QED) is 0.635. The Labute approximate surface area is 91.6 Å². The number of aromatic nitrogens is 3. The van der Waals surface area contributed by atoms with Crippen molar-refractivity contribution in [2.75, 3.05) is 5.84 Å². The second-order valence-corrected chi connectivity index (χ2v) is 4.86. The maximum atomic E-state index is 5.85. The standard InChI is InChI=1S/C9H12N4OS/c1-6(2)15-9-12-11-8(13(9)10)7-4-3-5-14-7/h3-6H,10H2,1-2H3. The lowest BCUT2D eigenvalue weighted by Gasteiger charge is -2.03. The molecule has 0 spiro atoms. The highest BCUT2D eigenvalue weighted by molar-refractivity contribution is 7.99. The Hall–Kier alpha value is -1.43. The monoisotopic (exact) mass is 224 g/mol. The molecule has 2 N–H and O–H groups in total. The summed E-state index contributed by atoms with van der Waals surface area (Å²) in [6.07, 6.45) is 1.58. The van der Waals surface area contributed by atoms with Crippen molar-refractivity contribution in [1.29, 1.82) is 0 Å². The summed E-state index contributed by atoms with van der Waals surface area (Å²) in [5.74, 6) is 7.02. The Bertz CT molecular complexity index is 435. The van der Waals surface area contributed by atoms with Crippen LogP contribution in [0.2, 0.25) is 0 Å². The molecule has 0 saturated heterocycles. The Morgan fingerprint density at radius 2 is 2.27 bits per heavy atom. The van der Waals surface area contributed by atoms with E-state index >= 15 is 0 Å². The summed E-state index contributed by atoms with van der Waals surface area (Å²) in [6.45, 7) is 4.15. The summed E-state index contributed by atoms with van der Waals surface area (Å²) in [6, 6.07) is 3.59. The summed E-state index contributed by atoms with van der Waals surface area (Å²) >= 11 is 1.57. The molecule has 2 rings (SSSR count). The predicted molar refractivity (Wildman–Crippen MR) is 58.9 cm³/mol. The van der Waals surface area contributed by atoms with Crippen molar-refractivity contribution in [3.8, 4) is 11.6 Å². The van der Waals surface area contributed by atoms with Crippen LogP contribution in [-0.4, -0.2) is 20.1 Å². The van der Waals surface area contributed by atoms with E-state index in [4.69, 9.17) is 10.3 Å². The van der Waals surface area contributed by atoms with Crippen molar-refractivity contribution in [2.24, 2.45) is 0 Å². The predicted octanol–water partition coefficient (Wildman–Crippen LogP) is 1.75. The molecule has 0 radical (unpaired) electrons. The number of nitrogens with two attached hydrogens (primary N) is 1. The maximum Gasteiger partial charge on any atom is 0.218 e. The van der Waals surface area contributed by atoms with Crippen molar-refractivity contribution < 1.29 is 4.42 Å². The molecule has 2 heterocycles. The molecule has 0 unspecified atom stereocenters. The summed E-state index contributed by atoms with van der Waals surface area (Å²) in [7, 11) is 0. The first kappa shape index (κ1) is 10.1. The van der Waals surface area contributed by atoms with E-state index in [1.807, 2.05) is 0 Å². The van der Waals surface area contributed by atoms with Crippen LogP contribution in [0.4, 0.5) is 0 Å². The van der Waals surface area contributed by atoms with Gasteiger partial charge in [-0.05, 0) is 12.1 Å². The normalized spacial score (nSPS) is 11.1. The molecule has 5 nitrogen and oxygen atoms in total. The molecule has 0 aliphatic carbocycles. The van der Waals surface area contributed by atoms with Gasteiger partial charge in [-0.1, -0.05) is 25.6 Å². The molecule has 0 saturated carbocycles. The number of nitrogen functional groups attached to an aromatic ring is 1. The van der Waals surface area contributed by atoms with Crippen LogP contribution in [0, 0.1) is 0 Å². The van der Waals surface area contributed by atoms with Crippen LogP contribution in [0.5, 0.6) is 0 Å². The molecule has 0 atom stereocenters. The van der Waals surface area contributed by atoms with Gasteiger partial charge in [-0.25, -0.2) is 4.68 Å². The van der Waals surface area contributed by atoms with Gasteiger partial charge >= 0.3 is 0 Å². The fourth-order valence-electron chi connectivity index (χ4n) is 1.14. The van der Waals surface area contributed by atoms with E-state index in [1.165, 1.54) is 4.68 Å². The van der Waals surface area contributed by atoms with Gasteiger partial charge in [0.1, 0.15) is 0 Å². The summed E-state index contributed by atoms with van der Waals surface area (Å²) in [5.41, 5.74) is 0. The third-order valence-electron chi connectivity index (χ3n) is 1.75. The molecule has 0 aromatic carbocycles. The zero-order valence-corrected chi connectivity index (χ0v) is 9.36. The molecule has 0 amide bonds. The number of furan rings is 1. The Morgan fingerprint density at radius 1 is 1.47 bits per heavy atom. The maximum absolute atomic E-state index is 5.85. The average Bonchev–Trinajstić information content (AvgIpc) is 2.76. The lowest BCUT2D eigenvalue weighted by atomic mass is 10.4. The van der Waals surface area contributed by atoms with Crippen molar-refractivity contribution in [3.05, 3.63) is 18.4 Å². The topological polar surface area (TPSA) is 69.9 Å². The van der Waals surface area contributed by atoms with Crippen LogP contribution in [0.25, 0.3) is 11.6 Å². The Morgan fingerprint density at radius 3 is 2.87 bits per heavy atom. The van der Waals surface area contributed by atoms with Crippen molar-refractivity contribution in [1.82, 2.24) is 14.9 Å². The van der Waals surface area contributed by atoms with Gasteiger partial charge in [0, 0.05) is 5.25 Å². The van der Waals surface area contributed by atoms with Gasteiger partial charge in [0.2, 0.25) is 11.0 Å². The summed E-state index contributed by atoms with van der Waals surface area (Å²) in [4.78, 5) is 0. The zero-order valence-electron chi connectivity index (χ0n) is 8.54. The van der Waals surface area contributed by atoms with Gasteiger partial charge in [-0.15, -0.1) is 10.2 Å². The summed E-state index contributed by atoms with van der Waals surface area (Å²) < 4.78 is 6.65. The third-order valence-corrected chi connectivity index (χ3v) is 2.71.